The number of hydrogen-bond acceptors (Lipinski definition) is 1. The van der Waals surface area contributed by atoms with Gasteiger partial charge in [0.2, 0.25) is 0 Å². The van der Waals surface area contributed by atoms with Gasteiger partial charge in [0, 0.05) is 21.5 Å². The van der Waals surface area contributed by atoms with Gasteiger partial charge < -0.3 is 4.40 Å². The quantitative estimate of drug-likeness (QED) is 0.223. The van der Waals surface area contributed by atoms with Gasteiger partial charge in [0.15, 0.2) is 0 Å². The summed E-state index contributed by atoms with van der Waals surface area (Å²) in [7, 11) is 0. The Morgan fingerprint density at radius 3 is 1.85 bits per heavy atom. The lowest BCUT2D eigenvalue weighted by atomic mass is 9.96. The summed E-state index contributed by atoms with van der Waals surface area (Å²) in [5, 5.41) is 19.5. The maximum atomic E-state index is 9.96. The Kier molecular flexibility index (Phi) is 4.54. The summed E-state index contributed by atoms with van der Waals surface area (Å²) < 4.78 is 2.43. The molecule has 190 valence electrons. The highest BCUT2D eigenvalue weighted by Gasteiger charge is 2.20. The number of nitriles is 1. The van der Waals surface area contributed by atoms with E-state index in [1.54, 1.807) is 0 Å². The van der Waals surface area contributed by atoms with Gasteiger partial charge in [-0.25, -0.2) is 0 Å². The van der Waals surface area contributed by atoms with Gasteiger partial charge in [0.05, 0.1) is 28.2 Å². The summed E-state index contributed by atoms with van der Waals surface area (Å²) >= 11 is 0. The first-order valence-electron chi connectivity index (χ1n) is 14.2. The predicted octanol–water partition coefficient (Wildman–Crippen LogP) is 10.4. The maximum Gasteiger partial charge on any atom is 0.0992 e. The SMILES string of the molecule is N#Cc1cc2c3cc4ccc(C5=CCCC=C5)cc4cc3n3c4cc5cc(-c6ccccc6)ccc5cc4c(c1)c23. The van der Waals surface area contributed by atoms with Crippen LogP contribution >= 0.6 is 0 Å². The van der Waals surface area contributed by atoms with E-state index in [4.69, 9.17) is 0 Å². The number of allylic oxidation sites excluding steroid dienone is 4. The van der Waals surface area contributed by atoms with Crippen LogP contribution in [0.2, 0.25) is 0 Å². The van der Waals surface area contributed by atoms with Crippen molar-refractivity contribution in [2.45, 2.75) is 12.8 Å². The smallest absolute Gasteiger partial charge is 0.0992 e. The van der Waals surface area contributed by atoms with Gasteiger partial charge in [0.1, 0.15) is 0 Å². The summed E-state index contributed by atoms with van der Waals surface area (Å²) in [4.78, 5) is 0. The average Bonchev–Trinajstić information content (AvgIpc) is 3.53. The fraction of sp³-hybridized carbons (Fsp3) is 0.0513. The lowest BCUT2D eigenvalue weighted by Crippen LogP contribution is -1.87. The van der Waals surface area contributed by atoms with Gasteiger partial charge >= 0.3 is 0 Å². The molecule has 0 N–H and O–H groups in total. The highest BCUT2D eigenvalue weighted by molar-refractivity contribution is 6.26. The molecule has 1 aliphatic carbocycles. The summed E-state index contributed by atoms with van der Waals surface area (Å²) in [5.74, 6) is 0. The molecule has 2 heteroatoms. The summed E-state index contributed by atoms with van der Waals surface area (Å²) in [6, 6.07) is 39.9. The van der Waals surface area contributed by atoms with Crippen LogP contribution in [-0.4, -0.2) is 4.40 Å². The molecule has 0 fully saturated rings. The first-order valence-corrected chi connectivity index (χ1v) is 14.2. The van der Waals surface area contributed by atoms with E-state index in [2.05, 4.69) is 132 Å². The molecule has 0 unspecified atom stereocenters. The van der Waals surface area contributed by atoms with Crippen LogP contribution in [0.25, 0.3) is 76.3 Å². The zero-order valence-corrected chi connectivity index (χ0v) is 22.4. The van der Waals surface area contributed by atoms with Gasteiger partial charge in [-0.3, -0.25) is 0 Å². The van der Waals surface area contributed by atoms with E-state index < -0.39 is 0 Å². The van der Waals surface area contributed by atoms with Crippen molar-refractivity contribution in [3.63, 3.8) is 0 Å². The minimum atomic E-state index is 0.699. The fourth-order valence-electron chi connectivity index (χ4n) is 6.91. The highest BCUT2D eigenvalue weighted by Crippen LogP contribution is 2.42. The number of aromatic nitrogens is 1. The van der Waals surface area contributed by atoms with E-state index in [1.165, 1.54) is 71.1 Å². The Morgan fingerprint density at radius 1 is 0.561 bits per heavy atom. The molecule has 0 spiro atoms. The van der Waals surface area contributed by atoms with Crippen LogP contribution in [0.4, 0.5) is 0 Å². The molecule has 0 saturated carbocycles. The lowest BCUT2D eigenvalue weighted by Gasteiger charge is -2.09. The highest BCUT2D eigenvalue weighted by atomic mass is 14.9. The number of benzene rings is 6. The molecule has 2 aromatic heterocycles. The van der Waals surface area contributed by atoms with Crippen molar-refractivity contribution >= 4 is 65.2 Å². The second kappa shape index (κ2) is 8.31. The molecule has 0 saturated heterocycles. The van der Waals surface area contributed by atoms with E-state index in [0.29, 0.717) is 5.56 Å². The third-order valence-corrected chi connectivity index (χ3v) is 8.87. The second-order valence-electron chi connectivity index (χ2n) is 11.2. The molecule has 0 amide bonds. The average molecular weight is 521 g/mol. The number of hydrogen-bond donors (Lipinski definition) is 0. The van der Waals surface area contributed by atoms with Crippen LogP contribution in [-0.2, 0) is 0 Å². The molecule has 2 nitrogen and oxygen atoms in total. The summed E-state index contributed by atoms with van der Waals surface area (Å²) in [6.07, 6.45) is 9.06. The third kappa shape index (κ3) is 3.24. The molecule has 0 radical (unpaired) electrons. The monoisotopic (exact) mass is 520 g/mol. The number of fused-ring (bicyclic) bond motifs is 8. The molecule has 0 atom stereocenters. The van der Waals surface area contributed by atoms with Crippen molar-refractivity contribution in [2.75, 3.05) is 0 Å². The van der Waals surface area contributed by atoms with Crippen molar-refractivity contribution in [1.82, 2.24) is 4.40 Å². The number of nitrogens with zero attached hydrogens (tertiary/aromatic N) is 2. The molecular weight excluding hydrogens is 496 g/mol. The van der Waals surface area contributed by atoms with Crippen molar-refractivity contribution < 1.29 is 0 Å². The first-order chi connectivity index (χ1) is 20.2. The van der Waals surface area contributed by atoms with E-state index in [-0.39, 0.29) is 0 Å². The molecule has 6 aromatic carbocycles. The third-order valence-electron chi connectivity index (χ3n) is 8.87. The van der Waals surface area contributed by atoms with Gasteiger partial charge in [-0.05, 0) is 105 Å². The van der Waals surface area contributed by atoms with Crippen LogP contribution < -0.4 is 0 Å². The van der Waals surface area contributed by atoms with Crippen LogP contribution in [0.3, 0.4) is 0 Å². The molecular formula is C39H24N2. The zero-order valence-electron chi connectivity index (χ0n) is 22.4. The van der Waals surface area contributed by atoms with Crippen molar-refractivity contribution in [1.29, 1.82) is 5.26 Å². The van der Waals surface area contributed by atoms with Gasteiger partial charge in [-0.1, -0.05) is 72.8 Å². The topological polar surface area (TPSA) is 28.2 Å². The molecule has 2 heterocycles. The largest absolute Gasteiger partial charge is 0.308 e. The maximum absolute atomic E-state index is 9.96. The Hall–Kier alpha value is -5.39. The molecule has 0 bridgehead atoms. The number of rotatable bonds is 2. The van der Waals surface area contributed by atoms with E-state index in [0.717, 1.165) is 23.6 Å². The molecule has 8 aromatic rings. The lowest BCUT2D eigenvalue weighted by molar-refractivity contribution is 1.04. The van der Waals surface area contributed by atoms with Gasteiger partial charge in [0.25, 0.3) is 0 Å². The van der Waals surface area contributed by atoms with E-state index in [9.17, 15) is 5.26 Å². The molecule has 0 aliphatic heterocycles. The van der Waals surface area contributed by atoms with Crippen LogP contribution in [0.1, 0.15) is 24.0 Å². The Balaban J connectivity index is 1.38. The Bertz CT molecular complexity index is 2460. The van der Waals surface area contributed by atoms with Crippen LogP contribution in [0.15, 0.2) is 121 Å². The second-order valence-corrected chi connectivity index (χ2v) is 11.2. The van der Waals surface area contributed by atoms with Crippen LogP contribution in [0, 0.1) is 11.3 Å². The molecule has 9 rings (SSSR count). The minimum absolute atomic E-state index is 0.699. The van der Waals surface area contributed by atoms with Gasteiger partial charge in [-0.2, -0.15) is 5.26 Å². The van der Waals surface area contributed by atoms with Crippen LogP contribution in [0.5, 0.6) is 0 Å². The Morgan fingerprint density at radius 2 is 1.22 bits per heavy atom. The minimum Gasteiger partial charge on any atom is -0.308 e. The van der Waals surface area contributed by atoms with E-state index in [1.807, 2.05) is 0 Å². The fourth-order valence-corrected chi connectivity index (χ4v) is 6.91. The first kappa shape index (κ1) is 22.4. The Labute approximate surface area is 237 Å². The molecule has 1 aliphatic rings. The summed E-state index contributed by atoms with van der Waals surface area (Å²) in [6.45, 7) is 0. The summed E-state index contributed by atoms with van der Waals surface area (Å²) in [5.41, 5.74) is 9.26. The van der Waals surface area contributed by atoms with Crippen molar-refractivity contribution in [3.05, 3.63) is 132 Å². The predicted molar refractivity (Wildman–Crippen MR) is 173 cm³/mol. The standard InChI is InChI=1S/C39H24N2/c40-23-24-15-35-33-19-29-13-11-27(25-7-3-1-4-8-25)17-31(29)21-37(33)41-38-22-32-18-28(26-9-5-2-6-10-26)12-14-30(32)20-34(38)36(16-24)39(35)41/h1,3-5,7-22H,2,6H2. The van der Waals surface area contributed by atoms with Crippen molar-refractivity contribution in [2.24, 2.45) is 0 Å². The van der Waals surface area contributed by atoms with Gasteiger partial charge in [-0.15, -0.1) is 0 Å². The van der Waals surface area contributed by atoms with Crippen molar-refractivity contribution in [3.8, 4) is 17.2 Å². The van der Waals surface area contributed by atoms with E-state index >= 15 is 0 Å². The zero-order chi connectivity index (χ0) is 27.1. The normalized spacial score (nSPS) is 13.7. The molecule has 41 heavy (non-hydrogen) atoms.